The van der Waals surface area contributed by atoms with E-state index in [-0.39, 0.29) is 24.0 Å². The summed E-state index contributed by atoms with van der Waals surface area (Å²) < 4.78 is 10.9. The first-order valence-electron chi connectivity index (χ1n) is 8.63. The highest BCUT2D eigenvalue weighted by Crippen LogP contribution is 2.19. The van der Waals surface area contributed by atoms with E-state index >= 15 is 0 Å². The Kier molecular flexibility index (Phi) is 10.6. The van der Waals surface area contributed by atoms with Crippen molar-refractivity contribution in [3.63, 3.8) is 0 Å². The van der Waals surface area contributed by atoms with Crippen LogP contribution < -0.4 is 20.1 Å². The molecule has 0 spiro atoms. The second-order valence-corrected chi connectivity index (χ2v) is 5.77. The average Bonchev–Trinajstić information content (AvgIpc) is 3.08. The summed E-state index contributed by atoms with van der Waals surface area (Å²) in [5.41, 5.74) is 0. The zero-order valence-electron chi connectivity index (χ0n) is 14.7. The van der Waals surface area contributed by atoms with Gasteiger partial charge in [0.2, 0.25) is 0 Å². The number of guanidine groups is 1. The average molecular weight is 447 g/mol. The highest BCUT2D eigenvalue weighted by Gasteiger charge is 2.15. The van der Waals surface area contributed by atoms with Crippen LogP contribution in [-0.4, -0.2) is 38.8 Å². The van der Waals surface area contributed by atoms with Crippen LogP contribution in [0.2, 0.25) is 0 Å². The van der Waals surface area contributed by atoms with Gasteiger partial charge in [0.05, 0.1) is 13.7 Å². The van der Waals surface area contributed by atoms with Crippen LogP contribution in [-0.2, 0) is 0 Å². The van der Waals surface area contributed by atoms with E-state index in [4.69, 9.17) is 9.47 Å². The lowest BCUT2D eigenvalue weighted by atomic mass is 10.2. The maximum absolute atomic E-state index is 5.73. The number of hydrogen-bond donors (Lipinski definition) is 2. The molecule has 1 aromatic carbocycles. The molecule has 5 nitrogen and oxygen atoms in total. The fourth-order valence-electron chi connectivity index (χ4n) is 2.72. The molecule has 6 heteroatoms. The predicted molar refractivity (Wildman–Crippen MR) is 110 cm³/mol. The van der Waals surface area contributed by atoms with Gasteiger partial charge in [-0.25, -0.2) is 0 Å². The lowest BCUT2D eigenvalue weighted by Crippen LogP contribution is -2.42. The first-order valence-corrected chi connectivity index (χ1v) is 8.63. The van der Waals surface area contributed by atoms with Gasteiger partial charge in [-0.15, -0.1) is 24.0 Å². The summed E-state index contributed by atoms with van der Waals surface area (Å²) in [5, 5.41) is 6.84. The van der Waals surface area contributed by atoms with E-state index in [2.05, 4.69) is 22.5 Å². The quantitative estimate of drug-likeness (QED) is 0.277. The largest absolute Gasteiger partial charge is 0.497 e. The standard InChI is InChI=1S/C18H29N3O2.HI/c1-3-19-18(21-15-8-4-5-9-15)20-12-7-13-23-17-11-6-10-16(14-17)22-2;/h6,10-11,14-15H,3-5,7-9,12-13H2,1-2H3,(H2,19,20,21);1H. The molecule has 0 aromatic heterocycles. The van der Waals surface area contributed by atoms with Crippen LogP contribution in [0.4, 0.5) is 0 Å². The number of rotatable bonds is 8. The van der Waals surface area contributed by atoms with E-state index in [0.29, 0.717) is 12.6 Å². The number of nitrogens with one attached hydrogen (secondary N) is 2. The lowest BCUT2D eigenvalue weighted by molar-refractivity contribution is 0.311. The molecule has 0 unspecified atom stereocenters. The summed E-state index contributed by atoms with van der Waals surface area (Å²) in [6, 6.07) is 8.27. The minimum absolute atomic E-state index is 0. The molecule has 24 heavy (non-hydrogen) atoms. The first kappa shape index (κ1) is 20.9. The molecule has 0 aliphatic heterocycles. The van der Waals surface area contributed by atoms with Gasteiger partial charge in [0.15, 0.2) is 5.96 Å². The number of benzene rings is 1. The third-order valence-electron chi connectivity index (χ3n) is 3.92. The van der Waals surface area contributed by atoms with Crippen molar-refractivity contribution in [1.82, 2.24) is 10.6 Å². The minimum atomic E-state index is 0. The van der Waals surface area contributed by atoms with Crippen LogP contribution in [0.5, 0.6) is 11.5 Å². The highest BCUT2D eigenvalue weighted by atomic mass is 127. The molecule has 1 fully saturated rings. The third kappa shape index (κ3) is 7.59. The molecule has 0 radical (unpaired) electrons. The van der Waals surface area contributed by atoms with E-state index in [1.807, 2.05) is 24.3 Å². The van der Waals surface area contributed by atoms with Gasteiger partial charge in [-0.1, -0.05) is 18.9 Å². The summed E-state index contributed by atoms with van der Waals surface area (Å²) >= 11 is 0. The molecule has 0 atom stereocenters. The number of ether oxygens (including phenoxy) is 2. The summed E-state index contributed by atoms with van der Waals surface area (Å²) in [5.74, 6) is 2.58. The van der Waals surface area contributed by atoms with E-state index in [0.717, 1.165) is 37.0 Å². The molecular weight excluding hydrogens is 417 g/mol. The molecule has 1 aliphatic rings. The Morgan fingerprint density at radius 2 is 2.00 bits per heavy atom. The second-order valence-electron chi connectivity index (χ2n) is 5.77. The number of nitrogens with zero attached hydrogens (tertiary/aromatic N) is 1. The van der Waals surface area contributed by atoms with E-state index in [9.17, 15) is 0 Å². The number of aliphatic imine (C=N–C) groups is 1. The smallest absolute Gasteiger partial charge is 0.191 e. The normalized spacial score (nSPS) is 14.8. The predicted octanol–water partition coefficient (Wildman–Crippen LogP) is 3.58. The molecule has 0 saturated heterocycles. The van der Waals surface area contributed by atoms with Gasteiger partial charge < -0.3 is 20.1 Å². The SMILES string of the molecule is CCNC(=NCCCOc1cccc(OC)c1)NC1CCCC1.I. The van der Waals surface area contributed by atoms with Crippen LogP contribution in [0.15, 0.2) is 29.3 Å². The molecular formula is C18H30IN3O2. The van der Waals surface area contributed by atoms with Crippen molar-refractivity contribution in [3.8, 4) is 11.5 Å². The number of hydrogen-bond acceptors (Lipinski definition) is 3. The molecule has 0 heterocycles. The molecule has 0 bridgehead atoms. The summed E-state index contributed by atoms with van der Waals surface area (Å²) in [4.78, 5) is 4.63. The lowest BCUT2D eigenvalue weighted by Gasteiger charge is -2.16. The number of halogens is 1. The van der Waals surface area contributed by atoms with Crippen LogP contribution >= 0.6 is 24.0 Å². The summed E-state index contributed by atoms with van der Waals surface area (Å²) in [6.07, 6.45) is 6.04. The van der Waals surface area contributed by atoms with Crippen molar-refractivity contribution in [3.05, 3.63) is 24.3 Å². The van der Waals surface area contributed by atoms with Gasteiger partial charge in [0.25, 0.3) is 0 Å². The summed E-state index contributed by atoms with van der Waals surface area (Å²) in [7, 11) is 1.66. The first-order chi connectivity index (χ1) is 11.3. The Labute approximate surface area is 162 Å². The van der Waals surface area contributed by atoms with Crippen molar-refractivity contribution in [2.75, 3.05) is 26.8 Å². The topological polar surface area (TPSA) is 54.9 Å². The number of methoxy groups -OCH3 is 1. The minimum Gasteiger partial charge on any atom is -0.497 e. The molecule has 1 saturated carbocycles. The van der Waals surface area contributed by atoms with Gasteiger partial charge in [0, 0.05) is 31.6 Å². The summed E-state index contributed by atoms with van der Waals surface area (Å²) in [6.45, 7) is 4.39. The molecule has 1 aliphatic carbocycles. The van der Waals surface area contributed by atoms with Gasteiger partial charge in [-0.05, 0) is 31.9 Å². The van der Waals surface area contributed by atoms with Gasteiger partial charge in [-0.2, -0.15) is 0 Å². The Morgan fingerprint density at radius 1 is 1.25 bits per heavy atom. The molecule has 2 rings (SSSR count). The zero-order valence-corrected chi connectivity index (χ0v) is 17.0. The van der Waals surface area contributed by atoms with Gasteiger partial charge >= 0.3 is 0 Å². The maximum Gasteiger partial charge on any atom is 0.191 e. The van der Waals surface area contributed by atoms with Crippen molar-refractivity contribution in [2.45, 2.75) is 45.1 Å². The van der Waals surface area contributed by atoms with Crippen LogP contribution in [0.3, 0.4) is 0 Å². The monoisotopic (exact) mass is 447 g/mol. The fraction of sp³-hybridized carbons (Fsp3) is 0.611. The molecule has 136 valence electrons. The van der Waals surface area contributed by atoms with E-state index in [1.54, 1.807) is 7.11 Å². The van der Waals surface area contributed by atoms with Crippen LogP contribution in [0, 0.1) is 0 Å². The van der Waals surface area contributed by atoms with Crippen molar-refractivity contribution >= 4 is 29.9 Å². The Morgan fingerprint density at radius 3 is 2.71 bits per heavy atom. The van der Waals surface area contributed by atoms with Gasteiger partial charge in [0.1, 0.15) is 11.5 Å². The Hall–Kier alpha value is -1.18. The second kappa shape index (κ2) is 12.2. The highest BCUT2D eigenvalue weighted by molar-refractivity contribution is 14.0. The fourth-order valence-corrected chi connectivity index (χ4v) is 2.72. The van der Waals surface area contributed by atoms with E-state index < -0.39 is 0 Å². The van der Waals surface area contributed by atoms with Crippen LogP contribution in [0.25, 0.3) is 0 Å². The Balaban J connectivity index is 0.00000288. The Bertz CT molecular complexity index is 491. The maximum atomic E-state index is 5.73. The van der Waals surface area contributed by atoms with Crippen molar-refractivity contribution in [1.29, 1.82) is 0 Å². The van der Waals surface area contributed by atoms with E-state index in [1.165, 1.54) is 25.7 Å². The van der Waals surface area contributed by atoms with Crippen molar-refractivity contribution in [2.24, 2.45) is 4.99 Å². The molecule has 1 aromatic rings. The zero-order chi connectivity index (χ0) is 16.3. The van der Waals surface area contributed by atoms with Crippen molar-refractivity contribution < 1.29 is 9.47 Å². The third-order valence-corrected chi connectivity index (χ3v) is 3.92. The van der Waals surface area contributed by atoms with Gasteiger partial charge in [-0.3, -0.25) is 4.99 Å². The molecule has 0 amide bonds. The molecule has 2 N–H and O–H groups in total. The van der Waals surface area contributed by atoms with Crippen LogP contribution in [0.1, 0.15) is 39.0 Å².